The highest BCUT2D eigenvalue weighted by atomic mass is 32.1. The number of nitrogens with one attached hydrogen (secondary N) is 2. The molecule has 2 aliphatic carbocycles. The van der Waals surface area contributed by atoms with E-state index in [0.29, 0.717) is 23.4 Å². The third-order valence-corrected chi connectivity index (χ3v) is 6.75. The number of hydrogen-bond acceptors (Lipinski definition) is 4. The molecule has 0 aliphatic heterocycles. The van der Waals surface area contributed by atoms with Gasteiger partial charge in [0.05, 0.1) is 17.4 Å². The Morgan fingerprint density at radius 3 is 2.33 bits per heavy atom. The van der Waals surface area contributed by atoms with Crippen LogP contribution in [0.25, 0.3) is 0 Å². The second-order valence-corrected chi connectivity index (χ2v) is 8.65. The molecule has 1 fully saturated rings. The van der Waals surface area contributed by atoms with Gasteiger partial charge in [0, 0.05) is 10.9 Å². The van der Waals surface area contributed by atoms with E-state index in [4.69, 9.17) is 0 Å². The van der Waals surface area contributed by atoms with Crippen LogP contribution in [-0.2, 0) is 9.59 Å². The molecule has 0 bridgehead atoms. The first-order valence-corrected chi connectivity index (χ1v) is 10.3. The van der Waals surface area contributed by atoms with Gasteiger partial charge in [0.25, 0.3) is 5.91 Å². The predicted octanol–water partition coefficient (Wildman–Crippen LogP) is 3.64. The molecule has 27 heavy (non-hydrogen) atoms. The molecule has 1 heterocycles. The Balaban J connectivity index is 1.79. The zero-order valence-electron chi connectivity index (χ0n) is 15.7. The summed E-state index contributed by atoms with van der Waals surface area (Å²) in [5, 5.41) is 15.9. The normalized spacial score (nSPS) is 22.6. The first-order chi connectivity index (χ1) is 12.9. The number of rotatable bonds is 5. The number of aliphatic carboxylic acids is 1. The van der Waals surface area contributed by atoms with Gasteiger partial charge in [0.1, 0.15) is 5.00 Å². The average molecular weight is 391 g/mol. The molecular formula is C20H26N2O4S. The fourth-order valence-corrected chi connectivity index (χ4v) is 4.96. The molecule has 3 rings (SSSR count). The smallest absolute Gasteiger partial charge is 0.307 e. The lowest BCUT2D eigenvalue weighted by molar-refractivity contribution is -0.146. The lowest BCUT2D eigenvalue weighted by atomic mass is 9.82. The van der Waals surface area contributed by atoms with Crippen LogP contribution >= 0.6 is 11.3 Å². The Morgan fingerprint density at radius 2 is 1.70 bits per heavy atom. The van der Waals surface area contributed by atoms with Crippen molar-refractivity contribution in [1.82, 2.24) is 5.32 Å². The van der Waals surface area contributed by atoms with Crippen molar-refractivity contribution in [2.24, 2.45) is 11.8 Å². The maximum Gasteiger partial charge on any atom is 0.307 e. The maximum absolute atomic E-state index is 12.8. The van der Waals surface area contributed by atoms with E-state index in [1.165, 1.54) is 11.3 Å². The molecule has 1 aromatic rings. The summed E-state index contributed by atoms with van der Waals surface area (Å²) in [5.41, 5.74) is 1.38. The van der Waals surface area contributed by atoms with Crippen LogP contribution in [0.2, 0.25) is 0 Å². The third-order valence-electron chi connectivity index (χ3n) is 5.63. The fourth-order valence-electron chi connectivity index (χ4n) is 3.90. The number of carboxylic acids is 1. The molecule has 0 radical (unpaired) electrons. The Kier molecular flexibility index (Phi) is 5.99. The van der Waals surface area contributed by atoms with Gasteiger partial charge in [-0.15, -0.1) is 11.3 Å². The van der Waals surface area contributed by atoms with Crippen molar-refractivity contribution in [2.75, 3.05) is 5.32 Å². The van der Waals surface area contributed by atoms with Crippen molar-refractivity contribution < 1.29 is 19.5 Å². The number of allylic oxidation sites excluding steroid dienone is 2. The summed E-state index contributed by atoms with van der Waals surface area (Å²) in [7, 11) is 0. The van der Waals surface area contributed by atoms with Gasteiger partial charge in [-0.3, -0.25) is 14.4 Å². The number of carbonyl (C=O) groups is 3. The van der Waals surface area contributed by atoms with Crippen molar-refractivity contribution in [2.45, 2.75) is 58.4 Å². The van der Waals surface area contributed by atoms with Gasteiger partial charge >= 0.3 is 5.97 Å². The van der Waals surface area contributed by atoms with E-state index in [1.54, 1.807) is 0 Å². The van der Waals surface area contributed by atoms with E-state index in [9.17, 15) is 19.5 Å². The highest BCUT2D eigenvalue weighted by molar-refractivity contribution is 7.16. The molecule has 0 unspecified atom stereocenters. The molecule has 3 N–H and O–H groups in total. The quantitative estimate of drug-likeness (QED) is 0.669. The molecule has 2 amide bonds. The first-order valence-electron chi connectivity index (χ1n) is 9.48. The minimum atomic E-state index is -0.961. The fraction of sp³-hybridized carbons (Fsp3) is 0.550. The number of hydrogen-bond donors (Lipinski definition) is 3. The average Bonchev–Trinajstić information content (AvgIpc) is 3.23. The highest BCUT2D eigenvalue weighted by Gasteiger charge is 2.35. The van der Waals surface area contributed by atoms with Crippen LogP contribution < -0.4 is 10.6 Å². The minimum Gasteiger partial charge on any atom is -0.481 e. The maximum atomic E-state index is 12.8. The number of aryl methyl sites for hydroxylation is 1. The Labute approximate surface area is 163 Å². The molecule has 2 atom stereocenters. The van der Waals surface area contributed by atoms with E-state index < -0.39 is 17.8 Å². The molecule has 0 aromatic carbocycles. The van der Waals surface area contributed by atoms with Crippen LogP contribution in [0.15, 0.2) is 12.2 Å². The summed E-state index contributed by atoms with van der Waals surface area (Å²) in [4.78, 5) is 38.1. The molecule has 0 spiro atoms. The van der Waals surface area contributed by atoms with Gasteiger partial charge in [-0.1, -0.05) is 25.0 Å². The number of carboxylic acid groups (broad SMARTS) is 1. The second-order valence-electron chi connectivity index (χ2n) is 7.43. The lowest BCUT2D eigenvalue weighted by Crippen LogP contribution is -2.36. The van der Waals surface area contributed by atoms with E-state index in [-0.39, 0.29) is 17.9 Å². The van der Waals surface area contributed by atoms with Gasteiger partial charge in [0.15, 0.2) is 0 Å². The van der Waals surface area contributed by atoms with Gasteiger partial charge < -0.3 is 15.7 Å². The Hall–Kier alpha value is -2.15. The molecule has 0 saturated heterocycles. The molecular weight excluding hydrogens is 364 g/mol. The van der Waals surface area contributed by atoms with Gasteiger partial charge in [-0.05, 0) is 45.1 Å². The summed E-state index contributed by atoms with van der Waals surface area (Å²) in [6.45, 7) is 3.81. The van der Waals surface area contributed by atoms with Crippen LogP contribution in [0.4, 0.5) is 5.00 Å². The summed E-state index contributed by atoms with van der Waals surface area (Å²) < 4.78 is 0. The predicted molar refractivity (Wildman–Crippen MR) is 105 cm³/mol. The zero-order valence-corrected chi connectivity index (χ0v) is 16.5. The molecule has 7 heteroatoms. The SMILES string of the molecule is Cc1sc(NC(=O)[C@H]2CC=CC[C@H]2C(=O)O)c(C(=O)NC2CCCC2)c1C. The summed E-state index contributed by atoms with van der Waals surface area (Å²) in [6.07, 6.45) is 8.64. The van der Waals surface area contributed by atoms with E-state index in [0.717, 1.165) is 36.1 Å². The highest BCUT2D eigenvalue weighted by Crippen LogP contribution is 2.35. The molecule has 146 valence electrons. The van der Waals surface area contributed by atoms with E-state index in [1.807, 2.05) is 26.0 Å². The largest absolute Gasteiger partial charge is 0.481 e. The van der Waals surface area contributed by atoms with Crippen LogP contribution in [0.1, 0.15) is 59.3 Å². The van der Waals surface area contributed by atoms with E-state index >= 15 is 0 Å². The summed E-state index contributed by atoms with van der Waals surface area (Å²) in [5.74, 6) is -2.80. The van der Waals surface area contributed by atoms with Crippen molar-refractivity contribution in [3.63, 3.8) is 0 Å². The van der Waals surface area contributed by atoms with Crippen molar-refractivity contribution in [3.05, 3.63) is 28.2 Å². The Morgan fingerprint density at radius 1 is 1.07 bits per heavy atom. The monoisotopic (exact) mass is 390 g/mol. The van der Waals surface area contributed by atoms with Crippen LogP contribution in [-0.4, -0.2) is 28.9 Å². The van der Waals surface area contributed by atoms with E-state index in [2.05, 4.69) is 10.6 Å². The number of carbonyl (C=O) groups excluding carboxylic acids is 2. The topological polar surface area (TPSA) is 95.5 Å². The summed E-state index contributed by atoms with van der Waals surface area (Å²) in [6, 6.07) is 0.195. The molecule has 1 aromatic heterocycles. The zero-order chi connectivity index (χ0) is 19.6. The number of amides is 2. The number of thiophene rings is 1. The molecule has 2 aliphatic rings. The van der Waals surface area contributed by atoms with Crippen LogP contribution in [0.5, 0.6) is 0 Å². The van der Waals surface area contributed by atoms with Crippen molar-refractivity contribution >= 4 is 34.1 Å². The second kappa shape index (κ2) is 8.25. The van der Waals surface area contributed by atoms with Crippen molar-refractivity contribution in [1.29, 1.82) is 0 Å². The molecule has 1 saturated carbocycles. The lowest BCUT2D eigenvalue weighted by Gasteiger charge is -2.24. The minimum absolute atomic E-state index is 0.155. The summed E-state index contributed by atoms with van der Waals surface area (Å²) >= 11 is 1.37. The van der Waals surface area contributed by atoms with Crippen LogP contribution in [0.3, 0.4) is 0 Å². The first kappa shape index (κ1) is 19.6. The Bertz CT molecular complexity index is 777. The van der Waals surface area contributed by atoms with Gasteiger partial charge in [-0.25, -0.2) is 0 Å². The van der Waals surface area contributed by atoms with Gasteiger partial charge in [0.2, 0.25) is 5.91 Å². The molecule has 6 nitrogen and oxygen atoms in total. The van der Waals surface area contributed by atoms with Gasteiger partial charge in [-0.2, -0.15) is 0 Å². The third kappa shape index (κ3) is 4.24. The van der Waals surface area contributed by atoms with Crippen molar-refractivity contribution in [3.8, 4) is 0 Å². The number of anilines is 1. The van der Waals surface area contributed by atoms with Crippen LogP contribution in [0, 0.1) is 25.7 Å². The standard InChI is InChI=1S/C20H26N2O4S/c1-11-12(2)27-19(16(11)18(24)21-13-7-3-4-8-13)22-17(23)14-9-5-6-10-15(14)20(25)26/h5-6,13-15H,3-4,7-10H2,1-2H3,(H,21,24)(H,22,23)(H,25,26)/t14-,15+/m0/s1.